The van der Waals surface area contributed by atoms with Gasteiger partial charge < -0.3 is 9.84 Å². The lowest BCUT2D eigenvalue weighted by molar-refractivity contribution is -0.306. The maximum absolute atomic E-state index is 12.9. The van der Waals surface area contributed by atoms with Gasteiger partial charge in [-0.2, -0.15) is 22.0 Å². The van der Waals surface area contributed by atoms with Crippen LogP contribution in [0.5, 0.6) is 11.5 Å². The van der Waals surface area contributed by atoms with Gasteiger partial charge in [0.05, 0.1) is 0 Å². The molecule has 0 aromatic heterocycles. The standard InChI is InChI=1S/C9H4F8O2/c10-4-1-3(18)2-5(11)6(4)19-9(16,17)7(12)8(13,14)15/h1-2,7,18H. The second-order valence-electron chi connectivity index (χ2n) is 3.31. The van der Waals surface area contributed by atoms with Crippen LogP contribution in [0.4, 0.5) is 35.1 Å². The molecule has 1 unspecified atom stereocenters. The first kappa shape index (κ1) is 15.3. The summed E-state index contributed by atoms with van der Waals surface area (Å²) in [6.07, 6.45) is -16.3. The van der Waals surface area contributed by atoms with Crippen molar-refractivity contribution >= 4 is 0 Å². The van der Waals surface area contributed by atoms with E-state index < -0.39 is 41.6 Å². The smallest absolute Gasteiger partial charge is 0.439 e. The van der Waals surface area contributed by atoms with E-state index in [2.05, 4.69) is 4.74 Å². The Bertz CT molecular complexity index is 447. The molecule has 0 radical (unpaired) electrons. The van der Waals surface area contributed by atoms with Gasteiger partial charge in [-0.15, -0.1) is 0 Å². The fourth-order valence-electron chi connectivity index (χ4n) is 1.02. The minimum atomic E-state index is -5.98. The van der Waals surface area contributed by atoms with Crippen LogP contribution in [0.3, 0.4) is 0 Å². The average molecular weight is 296 g/mol. The fourth-order valence-corrected chi connectivity index (χ4v) is 1.02. The lowest BCUT2D eigenvalue weighted by Gasteiger charge is -2.23. The molecule has 0 bridgehead atoms. The number of phenols is 1. The van der Waals surface area contributed by atoms with Crippen LogP contribution in [-0.4, -0.2) is 23.6 Å². The summed E-state index contributed by atoms with van der Waals surface area (Å²) in [5, 5.41) is 8.68. The normalized spacial score (nSPS) is 14.3. The van der Waals surface area contributed by atoms with Gasteiger partial charge >= 0.3 is 12.3 Å². The third kappa shape index (κ3) is 3.38. The number of aromatic hydroxyl groups is 1. The highest BCUT2D eigenvalue weighted by Gasteiger charge is 2.59. The predicted octanol–water partition coefficient (Wildman–Crippen LogP) is 3.54. The minimum absolute atomic E-state index is 0.106. The molecule has 1 N–H and O–H groups in total. The summed E-state index contributed by atoms with van der Waals surface area (Å²) >= 11 is 0. The van der Waals surface area contributed by atoms with Gasteiger partial charge in [-0.1, -0.05) is 0 Å². The molecule has 0 spiro atoms. The Morgan fingerprint density at radius 3 is 1.79 bits per heavy atom. The van der Waals surface area contributed by atoms with Gasteiger partial charge in [0.15, 0.2) is 17.4 Å². The molecule has 0 aliphatic rings. The monoisotopic (exact) mass is 296 g/mol. The highest BCUT2D eigenvalue weighted by atomic mass is 19.4. The zero-order valence-electron chi connectivity index (χ0n) is 8.61. The maximum atomic E-state index is 12.9. The Morgan fingerprint density at radius 1 is 1.00 bits per heavy atom. The van der Waals surface area contributed by atoms with E-state index in [1.54, 1.807) is 0 Å². The summed E-state index contributed by atoms with van der Waals surface area (Å²) < 4.78 is 102. The summed E-state index contributed by atoms with van der Waals surface area (Å²) in [4.78, 5) is 0. The van der Waals surface area contributed by atoms with Crippen molar-refractivity contribution in [3.05, 3.63) is 23.8 Å². The van der Waals surface area contributed by atoms with E-state index in [1.807, 2.05) is 0 Å². The number of alkyl halides is 6. The first-order chi connectivity index (χ1) is 8.45. The van der Waals surface area contributed by atoms with Gasteiger partial charge in [0.2, 0.25) is 0 Å². The van der Waals surface area contributed by atoms with Crippen molar-refractivity contribution in [2.75, 3.05) is 0 Å². The predicted molar refractivity (Wildman–Crippen MR) is 44.5 cm³/mol. The molecule has 1 aromatic rings. The molecule has 0 fully saturated rings. The first-order valence-corrected chi connectivity index (χ1v) is 4.40. The number of hydrogen-bond donors (Lipinski definition) is 1. The Balaban J connectivity index is 3.09. The van der Waals surface area contributed by atoms with Crippen molar-refractivity contribution in [2.24, 2.45) is 0 Å². The van der Waals surface area contributed by atoms with E-state index in [0.717, 1.165) is 0 Å². The molecule has 108 valence electrons. The quantitative estimate of drug-likeness (QED) is 0.864. The van der Waals surface area contributed by atoms with Crippen molar-refractivity contribution in [1.82, 2.24) is 0 Å². The zero-order chi connectivity index (χ0) is 15.0. The molecule has 19 heavy (non-hydrogen) atoms. The van der Waals surface area contributed by atoms with Crippen LogP contribution in [0.2, 0.25) is 0 Å². The Hall–Kier alpha value is -1.74. The SMILES string of the molecule is Oc1cc(F)c(OC(F)(F)C(F)C(F)(F)F)c(F)c1. The number of benzene rings is 1. The summed E-state index contributed by atoms with van der Waals surface area (Å²) in [6, 6.07) is 0.213. The molecule has 2 nitrogen and oxygen atoms in total. The molecule has 0 saturated carbocycles. The van der Waals surface area contributed by atoms with Crippen LogP contribution in [0, 0.1) is 11.6 Å². The van der Waals surface area contributed by atoms with Crippen molar-refractivity contribution in [3.8, 4) is 11.5 Å². The van der Waals surface area contributed by atoms with Crippen molar-refractivity contribution < 1.29 is 45.0 Å². The van der Waals surface area contributed by atoms with E-state index in [0.29, 0.717) is 0 Å². The molecule has 0 amide bonds. The van der Waals surface area contributed by atoms with E-state index in [-0.39, 0.29) is 12.1 Å². The molecule has 0 aliphatic heterocycles. The summed E-state index contributed by atoms with van der Waals surface area (Å²) in [7, 11) is 0. The van der Waals surface area contributed by atoms with Crippen molar-refractivity contribution in [2.45, 2.75) is 18.5 Å². The van der Waals surface area contributed by atoms with E-state index in [1.165, 1.54) is 0 Å². The number of phenolic OH excluding ortho intramolecular Hbond substituents is 1. The molecule has 0 aliphatic carbocycles. The van der Waals surface area contributed by atoms with Gasteiger partial charge in [0.1, 0.15) is 5.75 Å². The number of hydrogen-bond acceptors (Lipinski definition) is 2. The summed E-state index contributed by atoms with van der Waals surface area (Å²) in [5.74, 6) is -6.77. The fraction of sp³-hybridized carbons (Fsp3) is 0.333. The van der Waals surface area contributed by atoms with Crippen molar-refractivity contribution in [3.63, 3.8) is 0 Å². The highest BCUT2D eigenvalue weighted by Crippen LogP contribution is 2.38. The molecule has 1 rings (SSSR count). The van der Waals surface area contributed by atoms with E-state index in [9.17, 15) is 35.1 Å². The van der Waals surface area contributed by atoms with Crippen LogP contribution in [0.15, 0.2) is 12.1 Å². The average Bonchev–Trinajstić information content (AvgIpc) is 2.21. The maximum Gasteiger partial charge on any atom is 0.439 e. The van der Waals surface area contributed by atoms with Gasteiger partial charge in [0, 0.05) is 12.1 Å². The Morgan fingerprint density at radius 2 is 1.42 bits per heavy atom. The van der Waals surface area contributed by atoms with E-state index in [4.69, 9.17) is 5.11 Å². The minimum Gasteiger partial charge on any atom is -0.508 e. The van der Waals surface area contributed by atoms with Crippen LogP contribution >= 0.6 is 0 Å². The number of ether oxygens (including phenoxy) is 1. The van der Waals surface area contributed by atoms with Crippen molar-refractivity contribution in [1.29, 1.82) is 0 Å². The lowest BCUT2D eigenvalue weighted by Crippen LogP contribution is -2.46. The zero-order valence-corrected chi connectivity index (χ0v) is 8.61. The summed E-state index contributed by atoms with van der Waals surface area (Å²) in [6.45, 7) is 0. The molecule has 0 heterocycles. The van der Waals surface area contributed by atoms with Crippen LogP contribution in [-0.2, 0) is 0 Å². The molecular weight excluding hydrogens is 292 g/mol. The highest BCUT2D eigenvalue weighted by molar-refractivity contribution is 5.34. The van der Waals surface area contributed by atoms with Gasteiger partial charge in [-0.05, 0) is 0 Å². The van der Waals surface area contributed by atoms with Crippen LogP contribution in [0.25, 0.3) is 0 Å². The van der Waals surface area contributed by atoms with E-state index >= 15 is 0 Å². The largest absolute Gasteiger partial charge is 0.508 e. The van der Waals surface area contributed by atoms with Gasteiger partial charge in [-0.25, -0.2) is 13.2 Å². The summed E-state index contributed by atoms with van der Waals surface area (Å²) in [5.41, 5.74) is 0. The molecule has 1 aromatic carbocycles. The Labute approximate surface area is 99.8 Å². The first-order valence-electron chi connectivity index (χ1n) is 4.40. The third-order valence-electron chi connectivity index (χ3n) is 1.80. The van der Waals surface area contributed by atoms with Crippen LogP contribution < -0.4 is 4.74 Å². The lowest BCUT2D eigenvalue weighted by atomic mass is 10.3. The topological polar surface area (TPSA) is 29.5 Å². The second kappa shape index (κ2) is 4.74. The van der Waals surface area contributed by atoms with Gasteiger partial charge in [-0.3, -0.25) is 0 Å². The van der Waals surface area contributed by atoms with Gasteiger partial charge in [0.25, 0.3) is 6.17 Å². The second-order valence-corrected chi connectivity index (χ2v) is 3.31. The molecule has 0 saturated heterocycles. The third-order valence-corrected chi connectivity index (χ3v) is 1.80. The van der Waals surface area contributed by atoms with Crippen LogP contribution in [0.1, 0.15) is 0 Å². The molecular formula is C9H4F8O2. The Kier molecular flexibility index (Phi) is 3.82. The number of rotatable bonds is 3. The molecule has 10 heteroatoms. The molecule has 1 atom stereocenters. The number of halogens is 8.